The van der Waals surface area contributed by atoms with Crippen molar-refractivity contribution in [1.82, 2.24) is 9.97 Å². The van der Waals surface area contributed by atoms with E-state index in [1.54, 1.807) is 6.20 Å². The summed E-state index contributed by atoms with van der Waals surface area (Å²) < 4.78 is 0. The van der Waals surface area contributed by atoms with Gasteiger partial charge in [0, 0.05) is 27.4 Å². The predicted molar refractivity (Wildman–Crippen MR) is 92.1 cm³/mol. The monoisotopic (exact) mass is 423 g/mol. The molecule has 2 rings (SSSR count). The van der Waals surface area contributed by atoms with Gasteiger partial charge in [0.1, 0.15) is 5.82 Å². The van der Waals surface area contributed by atoms with Gasteiger partial charge in [-0.1, -0.05) is 19.3 Å². The van der Waals surface area contributed by atoms with Gasteiger partial charge in [0.25, 0.3) is 0 Å². The summed E-state index contributed by atoms with van der Waals surface area (Å²) in [5, 5.41) is 16.2. The number of rotatable bonds is 3. The van der Waals surface area contributed by atoms with Crippen LogP contribution in [0.2, 0.25) is 5.28 Å². The average Bonchev–Trinajstić information content (AvgIpc) is 2.47. The fourth-order valence-corrected chi connectivity index (χ4v) is 3.04. The van der Waals surface area contributed by atoms with Crippen LogP contribution < -0.4 is 5.32 Å². The van der Waals surface area contributed by atoms with Crippen molar-refractivity contribution in [2.45, 2.75) is 37.6 Å². The van der Waals surface area contributed by atoms with Crippen LogP contribution in [0.25, 0.3) is 0 Å². The molecular formula is C13H15ClIN3OS. The summed E-state index contributed by atoms with van der Waals surface area (Å²) in [6.07, 6.45) is 6.91. The second-order valence-corrected chi connectivity index (χ2v) is 6.85. The SMILES string of the molecule is OCC1(Nc2nc(Cl)ncc2C#CSI)CCCCC1. The van der Waals surface area contributed by atoms with Crippen molar-refractivity contribution in [3.05, 3.63) is 17.0 Å². The van der Waals surface area contributed by atoms with E-state index < -0.39 is 0 Å². The summed E-state index contributed by atoms with van der Waals surface area (Å²) in [5.41, 5.74) is 0.390. The maximum absolute atomic E-state index is 9.76. The van der Waals surface area contributed by atoms with E-state index in [-0.39, 0.29) is 17.4 Å². The molecule has 1 aliphatic rings. The Kier molecular flexibility index (Phi) is 6.20. The van der Waals surface area contributed by atoms with Crippen LogP contribution in [-0.4, -0.2) is 27.2 Å². The Balaban J connectivity index is 2.28. The molecule has 0 amide bonds. The number of aliphatic hydroxyl groups is 1. The van der Waals surface area contributed by atoms with Crippen LogP contribution in [0, 0.1) is 11.2 Å². The molecule has 4 nitrogen and oxygen atoms in total. The molecule has 108 valence electrons. The van der Waals surface area contributed by atoms with Crippen LogP contribution in [0.5, 0.6) is 0 Å². The van der Waals surface area contributed by atoms with Crippen molar-refractivity contribution in [3.63, 3.8) is 0 Å². The van der Waals surface area contributed by atoms with Gasteiger partial charge in [0.15, 0.2) is 0 Å². The molecule has 0 unspecified atom stereocenters. The lowest BCUT2D eigenvalue weighted by atomic mass is 9.82. The minimum absolute atomic E-state index is 0.0858. The molecule has 1 fully saturated rings. The summed E-state index contributed by atoms with van der Waals surface area (Å²) in [5.74, 6) is 3.61. The van der Waals surface area contributed by atoms with Crippen molar-refractivity contribution in [2.75, 3.05) is 11.9 Å². The number of aliphatic hydroxyl groups excluding tert-OH is 1. The highest BCUT2D eigenvalue weighted by molar-refractivity contribution is 14.2. The Hall–Kier alpha value is -0.230. The molecule has 0 radical (unpaired) electrons. The van der Waals surface area contributed by atoms with Crippen molar-refractivity contribution in [1.29, 1.82) is 0 Å². The molecule has 0 aliphatic heterocycles. The highest BCUT2D eigenvalue weighted by atomic mass is 127. The van der Waals surface area contributed by atoms with E-state index in [1.165, 1.54) is 15.4 Å². The fraction of sp³-hybridized carbons (Fsp3) is 0.538. The Morgan fingerprint density at radius 1 is 1.45 bits per heavy atom. The molecule has 0 aromatic carbocycles. The van der Waals surface area contributed by atoms with Gasteiger partial charge in [-0.15, -0.1) is 0 Å². The van der Waals surface area contributed by atoms with E-state index in [2.05, 4.69) is 47.7 Å². The molecule has 7 heteroatoms. The Labute approximate surface area is 140 Å². The Morgan fingerprint density at radius 2 is 2.20 bits per heavy atom. The minimum atomic E-state index is -0.316. The van der Waals surface area contributed by atoms with Gasteiger partial charge in [0.2, 0.25) is 5.28 Å². The van der Waals surface area contributed by atoms with Gasteiger partial charge in [-0.3, -0.25) is 0 Å². The molecule has 1 aliphatic carbocycles. The highest BCUT2D eigenvalue weighted by Gasteiger charge is 2.32. The molecule has 0 spiro atoms. The molecule has 0 atom stereocenters. The summed E-state index contributed by atoms with van der Waals surface area (Å²) in [7, 11) is 1.40. The maximum Gasteiger partial charge on any atom is 0.224 e. The summed E-state index contributed by atoms with van der Waals surface area (Å²) in [4.78, 5) is 8.20. The van der Waals surface area contributed by atoms with Gasteiger partial charge in [-0.05, 0) is 44.5 Å². The van der Waals surface area contributed by atoms with E-state index in [0.717, 1.165) is 25.7 Å². The van der Waals surface area contributed by atoms with E-state index in [9.17, 15) is 5.11 Å². The highest BCUT2D eigenvalue weighted by Crippen LogP contribution is 2.32. The first-order chi connectivity index (χ1) is 9.69. The van der Waals surface area contributed by atoms with Crippen molar-refractivity contribution >= 4 is 47.6 Å². The number of hydrogen-bond donors (Lipinski definition) is 2. The zero-order valence-corrected chi connectivity index (χ0v) is 14.6. The molecule has 1 saturated carbocycles. The second kappa shape index (κ2) is 7.69. The normalized spacial score (nSPS) is 17.1. The van der Waals surface area contributed by atoms with Crippen molar-refractivity contribution in [3.8, 4) is 11.2 Å². The standard InChI is InChI=1S/C13H15ClIN3OS/c14-12-16-8-10(4-7-20-15)11(17-12)18-13(9-19)5-2-1-3-6-13/h8,19H,1-3,5-6,9H2,(H,16,17,18). The number of hydrogen-bond acceptors (Lipinski definition) is 5. The Bertz CT molecular complexity index is 526. The van der Waals surface area contributed by atoms with Crippen molar-refractivity contribution in [2.24, 2.45) is 0 Å². The van der Waals surface area contributed by atoms with Crippen LogP contribution in [0.3, 0.4) is 0 Å². The molecule has 1 aromatic rings. The third kappa shape index (κ3) is 4.13. The van der Waals surface area contributed by atoms with E-state index >= 15 is 0 Å². The van der Waals surface area contributed by atoms with Gasteiger partial charge in [-0.2, -0.15) is 4.98 Å². The number of halogens is 2. The van der Waals surface area contributed by atoms with E-state index in [1.807, 2.05) is 0 Å². The first-order valence-electron chi connectivity index (χ1n) is 6.39. The third-order valence-corrected chi connectivity index (χ3v) is 4.50. The molecule has 2 N–H and O–H groups in total. The first kappa shape index (κ1) is 16.1. The quantitative estimate of drug-likeness (QED) is 0.442. The number of anilines is 1. The fourth-order valence-electron chi connectivity index (χ4n) is 2.42. The van der Waals surface area contributed by atoms with Crippen LogP contribution in [0.4, 0.5) is 5.82 Å². The molecular weight excluding hydrogens is 409 g/mol. The van der Waals surface area contributed by atoms with Gasteiger partial charge < -0.3 is 10.4 Å². The molecule has 20 heavy (non-hydrogen) atoms. The summed E-state index contributed by atoms with van der Waals surface area (Å²) >= 11 is 7.99. The molecule has 0 saturated heterocycles. The lowest BCUT2D eigenvalue weighted by molar-refractivity contribution is 0.172. The van der Waals surface area contributed by atoms with Crippen LogP contribution in [-0.2, 0) is 0 Å². The third-order valence-electron chi connectivity index (χ3n) is 3.48. The van der Waals surface area contributed by atoms with Gasteiger partial charge in [-0.25, -0.2) is 4.98 Å². The van der Waals surface area contributed by atoms with E-state index in [4.69, 9.17) is 11.6 Å². The minimum Gasteiger partial charge on any atom is -0.394 e. The molecule has 0 bridgehead atoms. The van der Waals surface area contributed by atoms with Crippen LogP contribution in [0.15, 0.2) is 6.20 Å². The summed E-state index contributed by atoms with van der Waals surface area (Å²) in [6.45, 7) is 0.0858. The topological polar surface area (TPSA) is 58.0 Å². The molecule has 1 aromatic heterocycles. The van der Waals surface area contributed by atoms with Crippen LogP contribution >= 0.6 is 41.7 Å². The predicted octanol–water partition coefficient (Wildman–Crippen LogP) is 3.63. The van der Waals surface area contributed by atoms with Crippen molar-refractivity contribution < 1.29 is 5.11 Å². The number of aromatic nitrogens is 2. The van der Waals surface area contributed by atoms with Gasteiger partial charge in [0.05, 0.1) is 17.7 Å². The second-order valence-electron chi connectivity index (χ2n) is 4.83. The largest absolute Gasteiger partial charge is 0.394 e. The smallest absolute Gasteiger partial charge is 0.224 e. The number of nitrogens with zero attached hydrogens (tertiary/aromatic N) is 2. The lowest BCUT2D eigenvalue weighted by Crippen LogP contribution is -2.44. The lowest BCUT2D eigenvalue weighted by Gasteiger charge is -2.37. The molecule has 1 heterocycles. The first-order valence-corrected chi connectivity index (χ1v) is 10.1. The number of nitrogens with one attached hydrogen (secondary N) is 1. The average molecular weight is 424 g/mol. The zero-order chi connectivity index (χ0) is 14.4. The Morgan fingerprint density at radius 3 is 2.85 bits per heavy atom. The van der Waals surface area contributed by atoms with Crippen LogP contribution in [0.1, 0.15) is 37.7 Å². The van der Waals surface area contributed by atoms with E-state index in [0.29, 0.717) is 11.4 Å². The van der Waals surface area contributed by atoms with Gasteiger partial charge >= 0.3 is 0 Å². The summed E-state index contributed by atoms with van der Waals surface area (Å²) in [6, 6.07) is 0. The maximum atomic E-state index is 9.76. The zero-order valence-electron chi connectivity index (χ0n) is 10.8.